The average Bonchev–Trinajstić information content (AvgIpc) is 3.53. The second-order valence-electron chi connectivity index (χ2n) is 7.13. The van der Waals surface area contributed by atoms with Gasteiger partial charge < -0.3 is 4.74 Å². The highest BCUT2D eigenvalue weighted by Crippen LogP contribution is 2.46. The Labute approximate surface area is 151 Å². The SMILES string of the molecule is COC(=O)c1cc(C2CC2)nc2c3c(C4CC4)cc(C(F)(F)F)nc3nn12. The van der Waals surface area contributed by atoms with E-state index in [0.29, 0.717) is 16.6 Å². The van der Waals surface area contributed by atoms with Crippen molar-refractivity contribution in [3.05, 3.63) is 34.8 Å². The Hall–Kier alpha value is -2.71. The molecule has 0 radical (unpaired) electrons. The van der Waals surface area contributed by atoms with E-state index < -0.39 is 17.8 Å². The fourth-order valence-corrected chi connectivity index (χ4v) is 3.43. The Morgan fingerprint density at radius 2 is 1.85 bits per heavy atom. The third-order valence-electron chi connectivity index (χ3n) is 5.10. The van der Waals surface area contributed by atoms with Gasteiger partial charge in [0.15, 0.2) is 17.0 Å². The van der Waals surface area contributed by atoms with Crippen LogP contribution in [0, 0.1) is 0 Å². The van der Waals surface area contributed by atoms with Crippen molar-refractivity contribution in [1.82, 2.24) is 19.6 Å². The van der Waals surface area contributed by atoms with Gasteiger partial charge in [-0.3, -0.25) is 0 Å². The number of hydrogen-bond acceptors (Lipinski definition) is 5. The molecule has 3 aromatic rings. The molecule has 0 N–H and O–H groups in total. The molecule has 0 aromatic carbocycles. The Kier molecular flexibility index (Phi) is 3.29. The summed E-state index contributed by atoms with van der Waals surface area (Å²) in [5.41, 5.74) is 0.806. The van der Waals surface area contributed by atoms with Crippen molar-refractivity contribution in [3.8, 4) is 0 Å². The van der Waals surface area contributed by atoms with E-state index in [1.165, 1.54) is 11.6 Å². The Morgan fingerprint density at radius 3 is 2.44 bits per heavy atom. The molecule has 140 valence electrons. The minimum absolute atomic E-state index is 0.0394. The van der Waals surface area contributed by atoms with Crippen LogP contribution >= 0.6 is 0 Å². The Bertz CT molecular complexity index is 1100. The molecular formula is C18H15F3N4O2. The number of nitrogens with zero attached hydrogens (tertiary/aromatic N) is 4. The van der Waals surface area contributed by atoms with Gasteiger partial charge in [-0.15, -0.1) is 5.10 Å². The van der Waals surface area contributed by atoms with Gasteiger partial charge in [-0.1, -0.05) is 0 Å². The normalized spacial score (nSPS) is 17.6. The topological polar surface area (TPSA) is 69.4 Å². The van der Waals surface area contributed by atoms with Gasteiger partial charge in [0.25, 0.3) is 0 Å². The predicted molar refractivity (Wildman–Crippen MR) is 88.6 cm³/mol. The van der Waals surface area contributed by atoms with E-state index in [2.05, 4.69) is 15.1 Å². The highest BCUT2D eigenvalue weighted by Gasteiger charge is 2.37. The summed E-state index contributed by atoms with van der Waals surface area (Å²) in [5, 5.41) is 4.69. The molecule has 2 aliphatic rings. The monoisotopic (exact) mass is 376 g/mol. The zero-order valence-corrected chi connectivity index (χ0v) is 14.4. The minimum atomic E-state index is -4.56. The quantitative estimate of drug-likeness (QED) is 0.650. The predicted octanol–water partition coefficient (Wildman–Crippen LogP) is 3.84. The average molecular weight is 376 g/mol. The number of aromatic nitrogens is 4. The number of carbonyl (C=O) groups is 1. The molecule has 27 heavy (non-hydrogen) atoms. The van der Waals surface area contributed by atoms with Crippen molar-refractivity contribution in [2.24, 2.45) is 0 Å². The molecule has 0 unspecified atom stereocenters. The number of alkyl halides is 3. The van der Waals surface area contributed by atoms with Gasteiger partial charge in [0, 0.05) is 11.6 Å². The van der Waals surface area contributed by atoms with Crippen LogP contribution in [0.1, 0.15) is 65.0 Å². The molecule has 5 rings (SSSR count). The smallest absolute Gasteiger partial charge is 0.433 e. The highest BCUT2D eigenvalue weighted by molar-refractivity contribution is 5.96. The first-order valence-corrected chi connectivity index (χ1v) is 8.76. The minimum Gasteiger partial charge on any atom is -0.464 e. The summed E-state index contributed by atoms with van der Waals surface area (Å²) in [6.45, 7) is 0. The molecule has 9 heteroatoms. The summed E-state index contributed by atoms with van der Waals surface area (Å²) in [6, 6.07) is 2.72. The third-order valence-corrected chi connectivity index (χ3v) is 5.10. The van der Waals surface area contributed by atoms with Crippen LogP contribution in [0.25, 0.3) is 16.7 Å². The van der Waals surface area contributed by atoms with E-state index in [-0.39, 0.29) is 23.2 Å². The van der Waals surface area contributed by atoms with Crippen LogP contribution in [-0.4, -0.2) is 32.7 Å². The van der Waals surface area contributed by atoms with Crippen LogP contribution in [0.2, 0.25) is 0 Å². The van der Waals surface area contributed by atoms with Crippen molar-refractivity contribution in [1.29, 1.82) is 0 Å². The highest BCUT2D eigenvalue weighted by atomic mass is 19.4. The molecule has 2 aliphatic carbocycles. The van der Waals surface area contributed by atoms with Crippen LogP contribution in [0.3, 0.4) is 0 Å². The van der Waals surface area contributed by atoms with E-state index >= 15 is 0 Å². The van der Waals surface area contributed by atoms with E-state index in [1.54, 1.807) is 6.07 Å². The molecule has 3 aromatic heterocycles. The first-order valence-electron chi connectivity index (χ1n) is 8.76. The fraction of sp³-hybridized carbons (Fsp3) is 0.444. The number of halogens is 3. The maximum absolute atomic E-state index is 13.3. The lowest BCUT2D eigenvalue weighted by Crippen LogP contribution is -2.11. The molecule has 6 nitrogen and oxygen atoms in total. The second kappa shape index (κ2) is 5.40. The number of pyridine rings is 1. The van der Waals surface area contributed by atoms with E-state index in [4.69, 9.17) is 4.74 Å². The van der Waals surface area contributed by atoms with Crippen molar-refractivity contribution in [2.75, 3.05) is 7.11 Å². The number of hydrogen-bond donors (Lipinski definition) is 0. The molecule has 0 saturated heterocycles. The summed E-state index contributed by atoms with van der Waals surface area (Å²) in [7, 11) is 1.25. The first-order chi connectivity index (χ1) is 12.9. The molecule has 0 amide bonds. The molecule has 2 saturated carbocycles. The number of rotatable bonds is 3. The Balaban J connectivity index is 1.87. The standard InChI is InChI=1S/C18H15F3N4O2/c1-27-17(26)12-7-11(9-4-5-9)22-16-14-10(8-2-3-8)6-13(18(19,20)21)23-15(14)24-25(12)16/h6-9H,2-5H2,1H3. The summed E-state index contributed by atoms with van der Waals surface area (Å²) in [5.74, 6) is -0.311. The zero-order valence-electron chi connectivity index (χ0n) is 14.4. The molecule has 0 bridgehead atoms. The van der Waals surface area contributed by atoms with Crippen LogP contribution in [-0.2, 0) is 10.9 Å². The molecule has 0 aliphatic heterocycles. The molecule has 3 heterocycles. The van der Waals surface area contributed by atoms with Gasteiger partial charge in [0.2, 0.25) is 0 Å². The third kappa shape index (κ3) is 2.64. The largest absolute Gasteiger partial charge is 0.464 e. The maximum Gasteiger partial charge on any atom is 0.433 e. The Morgan fingerprint density at radius 1 is 1.15 bits per heavy atom. The second-order valence-corrected chi connectivity index (χ2v) is 7.13. The van der Waals surface area contributed by atoms with Crippen LogP contribution < -0.4 is 0 Å². The van der Waals surface area contributed by atoms with E-state index in [1.807, 2.05) is 0 Å². The lowest BCUT2D eigenvalue weighted by atomic mass is 10.1. The van der Waals surface area contributed by atoms with Crippen molar-refractivity contribution >= 4 is 22.6 Å². The van der Waals surface area contributed by atoms with Gasteiger partial charge in [-0.25, -0.2) is 19.3 Å². The first kappa shape index (κ1) is 16.5. The number of carbonyl (C=O) groups excluding carboxylic acids is 1. The van der Waals surface area contributed by atoms with Crippen molar-refractivity contribution in [2.45, 2.75) is 43.7 Å². The zero-order chi connectivity index (χ0) is 18.9. The summed E-state index contributed by atoms with van der Waals surface area (Å²) < 4.78 is 46.0. The molecule has 0 spiro atoms. The fourth-order valence-electron chi connectivity index (χ4n) is 3.43. The van der Waals surface area contributed by atoms with Crippen molar-refractivity contribution < 1.29 is 22.7 Å². The van der Waals surface area contributed by atoms with Crippen LogP contribution in [0.15, 0.2) is 12.1 Å². The molecular weight excluding hydrogens is 361 g/mol. The van der Waals surface area contributed by atoms with Crippen LogP contribution in [0.4, 0.5) is 13.2 Å². The lowest BCUT2D eigenvalue weighted by molar-refractivity contribution is -0.141. The van der Waals surface area contributed by atoms with Gasteiger partial charge in [0.05, 0.1) is 12.5 Å². The van der Waals surface area contributed by atoms with Gasteiger partial charge in [0.1, 0.15) is 5.69 Å². The number of methoxy groups -OCH3 is 1. The van der Waals surface area contributed by atoms with Gasteiger partial charge >= 0.3 is 12.1 Å². The molecule has 2 fully saturated rings. The van der Waals surface area contributed by atoms with Crippen molar-refractivity contribution in [3.63, 3.8) is 0 Å². The molecule has 0 atom stereocenters. The summed E-state index contributed by atoms with van der Waals surface area (Å²) >= 11 is 0. The number of fused-ring (bicyclic) bond motifs is 3. The maximum atomic E-state index is 13.3. The van der Waals surface area contributed by atoms with E-state index in [9.17, 15) is 18.0 Å². The number of esters is 1. The van der Waals surface area contributed by atoms with Gasteiger partial charge in [-0.2, -0.15) is 13.2 Å². The summed E-state index contributed by atoms with van der Waals surface area (Å²) in [6.07, 6.45) is -0.977. The van der Waals surface area contributed by atoms with Crippen LogP contribution in [0.5, 0.6) is 0 Å². The number of ether oxygens (including phenoxy) is 1. The summed E-state index contributed by atoms with van der Waals surface area (Å²) in [4.78, 5) is 20.6. The van der Waals surface area contributed by atoms with E-state index in [0.717, 1.165) is 37.4 Å². The van der Waals surface area contributed by atoms with Gasteiger partial charge in [-0.05, 0) is 49.3 Å². The lowest BCUT2D eigenvalue weighted by Gasteiger charge is -2.09.